The summed E-state index contributed by atoms with van der Waals surface area (Å²) in [5, 5.41) is 4.40. The van der Waals surface area contributed by atoms with E-state index in [1.54, 1.807) is 18.2 Å². The summed E-state index contributed by atoms with van der Waals surface area (Å²) >= 11 is 12.2. The number of halogens is 3. The Labute approximate surface area is 128 Å². The van der Waals surface area contributed by atoms with Gasteiger partial charge in [0.05, 0.1) is 10.0 Å². The van der Waals surface area contributed by atoms with Gasteiger partial charge in [0.2, 0.25) is 0 Å². The zero-order valence-electron chi connectivity index (χ0n) is 11.3. The van der Waals surface area contributed by atoms with Gasteiger partial charge in [-0.2, -0.15) is 0 Å². The van der Waals surface area contributed by atoms with Crippen LogP contribution in [0.3, 0.4) is 0 Å². The van der Waals surface area contributed by atoms with Gasteiger partial charge in [0.15, 0.2) is 0 Å². The Morgan fingerprint density at radius 1 is 0.900 bits per heavy atom. The molecule has 0 spiro atoms. The molecule has 0 heterocycles. The van der Waals surface area contributed by atoms with Gasteiger partial charge in [-0.15, -0.1) is 0 Å². The number of benzene rings is 2. The largest absolute Gasteiger partial charge is 0.303 e. The molecule has 2 aromatic carbocycles. The quantitative estimate of drug-likeness (QED) is 0.781. The van der Waals surface area contributed by atoms with Crippen molar-refractivity contribution < 1.29 is 4.39 Å². The Balaban J connectivity index is 2.17. The average Bonchev–Trinajstić information content (AvgIpc) is 2.42. The van der Waals surface area contributed by atoms with Gasteiger partial charge in [-0.25, -0.2) is 4.39 Å². The molecule has 0 saturated heterocycles. The first-order chi connectivity index (χ1) is 9.50. The fraction of sp³-hybridized carbons (Fsp3) is 0.250. The van der Waals surface area contributed by atoms with Crippen LogP contribution in [-0.4, -0.2) is 0 Å². The second kappa shape index (κ2) is 6.57. The summed E-state index contributed by atoms with van der Waals surface area (Å²) in [6, 6.07) is 12.1. The molecule has 2 rings (SSSR count). The fourth-order valence-electron chi connectivity index (χ4n) is 2.24. The van der Waals surface area contributed by atoms with Crippen molar-refractivity contribution in [3.63, 3.8) is 0 Å². The minimum absolute atomic E-state index is 0.0317. The van der Waals surface area contributed by atoms with Gasteiger partial charge in [-0.3, -0.25) is 0 Å². The minimum atomic E-state index is -0.211. The molecular formula is C16H16Cl2FN. The summed E-state index contributed by atoms with van der Waals surface area (Å²) in [6.45, 7) is 3.91. The highest BCUT2D eigenvalue weighted by atomic mass is 35.5. The van der Waals surface area contributed by atoms with Crippen LogP contribution < -0.4 is 5.32 Å². The third kappa shape index (κ3) is 3.32. The van der Waals surface area contributed by atoms with Crippen molar-refractivity contribution in [1.82, 2.24) is 5.32 Å². The molecule has 0 aliphatic heterocycles. The predicted octanol–water partition coefficient (Wildman–Crippen LogP) is 5.54. The van der Waals surface area contributed by atoms with E-state index in [0.29, 0.717) is 15.6 Å². The molecule has 4 heteroatoms. The number of nitrogens with one attached hydrogen (secondary N) is 1. The Kier molecular flexibility index (Phi) is 5.03. The highest BCUT2D eigenvalue weighted by Crippen LogP contribution is 2.31. The normalized spacial score (nSPS) is 14.1. The zero-order chi connectivity index (χ0) is 14.7. The second-order valence-electron chi connectivity index (χ2n) is 4.77. The Morgan fingerprint density at radius 2 is 1.50 bits per heavy atom. The van der Waals surface area contributed by atoms with E-state index < -0.39 is 0 Å². The van der Waals surface area contributed by atoms with Gasteiger partial charge in [-0.1, -0.05) is 53.5 Å². The predicted molar refractivity (Wildman–Crippen MR) is 82.8 cm³/mol. The van der Waals surface area contributed by atoms with Crippen LogP contribution in [0.15, 0.2) is 42.5 Å². The first-order valence-corrected chi connectivity index (χ1v) is 7.20. The van der Waals surface area contributed by atoms with Gasteiger partial charge in [0.1, 0.15) is 5.82 Å². The number of hydrogen-bond donors (Lipinski definition) is 1. The van der Waals surface area contributed by atoms with Crippen molar-refractivity contribution in [2.75, 3.05) is 0 Å². The monoisotopic (exact) mass is 311 g/mol. The van der Waals surface area contributed by atoms with Crippen molar-refractivity contribution in [2.45, 2.75) is 25.9 Å². The molecule has 2 atom stereocenters. The van der Waals surface area contributed by atoms with Crippen molar-refractivity contribution in [2.24, 2.45) is 0 Å². The molecule has 0 radical (unpaired) electrons. The van der Waals surface area contributed by atoms with E-state index in [9.17, 15) is 4.39 Å². The lowest BCUT2D eigenvalue weighted by molar-refractivity contribution is 0.474. The van der Waals surface area contributed by atoms with Crippen LogP contribution in [0.5, 0.6) is 0 Å². The topological polar surface area (TPSA) is 12.0 Å². The summed E-state index contributed by atoms with van der Waals surface area (Å²) < 4.78 is 13.7. The first kappa shape index (κ1) is 15.3. The van der Waals surface area contributed by atoms with Crippen molar-refractivity contribution in [3.8, 4) is 0 Å². The highest BCUT2D eigenvalue weighted by Gasteiger charge is 2.16. The van der Waals surface area contributed by atoms with Gasteiger partial charge >= 0.3 is 0 Å². The molecule has 1 nitrogen and oxygen atoms in total. The van der Waals surface area contributed by atoms with Crippen LogP contribution >= 0.6 is 23.2 Å². The molecule has 0 bridgehead atoms. The van der Waals surface area contributed by atoms with Crippen LogP contribution in [0, 0.1) is 5.82 Å². The van der Waals surface area contributed by atoms with E-state index >= 15 is 0 Å². The fourth-order valence-corrected chi connectivity index (χ4v) is 2.71. The number of hydrogen-bond acceptors (Lipinski definition) is 1. The van der Waals surface area contributed by atoms with Crippen LogP contribution in [0.2, 0.25) is 10.0 Å². The van der Waals surface area contributed by atoms with E-state index in [1.165, 1.54) is 6.07 Å². The summed E-state index contributed by atoms with van der Waals surface area (Å²) in [4.78, 5) is 0. The standard InChI is InChI=1S/C16H16Cl2FN/c1-10(12-6-3-4-9-15(12)19)20-11(2)13-7-5-8-14(17)16(13)18/h3-11,20H,1-2H3/t10-,11?/m1/s1. The Bertz CT molecular complexity index is 601. The molecule has 0 fully saturated rings. The smallest absolute Gasteiger partial charge is 0.127 e. The molecule has 2 aromatic rings. The van der Waals surface area contributed by atoms with Crippen LogP contribution in [0.4, 0.5) is 4.39 Å². The third-order valence-corrected chi connectivity index (χ3v) is 4.15. The van der Waals surface area contributed by atoms with Gasteiger partial charge < -0.3 is 5.32 Å². The third-order valence-electron chi connectivity index (χ3n) is 3.32. The summed E-state index contributed by atoms with van der Waals surface area (Å²) in [7, 11) is 0. The molecule has 106 valence electrons. The Morgan fingerprint density at radius 3 is 2.20 bits per heavy atom. The molecule has 1 N–H and O–H groups in total. The van der Waals surface area contributed by atoms with E-state index in [0.717, 1.165) is 5.56 Å². The second-order valence-corrected chi connectivity index (χ2v) is 5.56. The average molecular weight is 312 g/mol. The van der Waals surface area contributed by atoms with Gasteiger partial charge in [-0.05, 0) is 31.5 Å². The number of rotatable bonds is 4. The molecule has 0 aliphatic carbocycles. The summed E-state index contributed by atoms with van der Waals surface area (Å²) in [5.41, 5.74) is 1.54. The van der Waals surface area contributed by atoms with Crippen molar-refractivity contribution in [1.29, 1.82) is 0 Å². The molecule has 0 amide bonds. The van der Waals surface area contributed by atoms with E-state index in [4.69, 9.17) is 23.2 Å². The van der Waals surface area contributed by atoms with Crippen LogP contribution in [-0.2, 0) is 0 Å². The molecule has 20 heavy (non-hydrogen) atoms. The summed E-state index contributed by atoms with van der Waals surface area (Å²) in [6.07, 6.45) is 0. The molecule has 1 unspecified atom stereocenters. The maximum absolute atomic E-state index is 13.7. The zero-order valence-corrected chi connectivity index (χ0v) is 12.8. The lowest BCUT2D eigenvalue weighted by Gasteiger charge is -2.22. The highest BCUT2D eigenvalue weighted by molar-refractivity contribution is 6.42. The van der Waals surface area contributed by atoms with E-state index in [-0.39, 0.29) is 17.9 Å². The molecule has 0 aromatic heterocycles. The van der Waals surface area contributed by atoms with Crippen LogP contribution in [0.1, 0.15) is 37.1 Å². The maximum atomic E-state index is 13.7. The minimum Gasteiger partial charge on any atom is -0.303 e. The Hall–Kier alpha value is -1.09. The van der Waals surface area contributed by atoms with Gasteiger partial charge in [0, 0.05) is 17.6 Å². The lowest BCUT2D eigenvalue weighted by Crippen LogP contribution is -2.23. The molecular weight excluding hydrogens is 296 g/mol. The first-order valence-electron chi connectivity index (χ1n) is 6.45. The van der Waals surface area contributed by atoms with E-state index in [2.05, 4.69) is 5.32 Å². The van der Waals surface area contributed by atoms with Gasteiger partial charge in [0.25, 0.3) is 0 Å². The van der Waals surface area contributed by atoms with Crippen LogP contribution in [0.25, 0.3) is 0 Å². The summed E-state index contributed by atoms with van der Waals surface area (Å²) in [5.74, 6) is -0.211. The molecule has 0 saturated carbocycles. The maximum Gasteiger partial charge on any atom is 0.127 e. The van der Waals surface area contributed by atoms with Crippen molar-refractivity contribution in [3.05, 3.63) is 69.5 Å². The SMILES string of the molecule is CC(N[C@H](C)c1ccccc1F)c1cccc(Cl)c1Cl. The lowest BCUT2D eigenvalue weighted by atomic mass is 10.0. The molecule has 0 aliphatic rings. The van der Waals surface area contributed by atoms with E-state index in [1.807, 2.05) is 32.0 Å². The van der Waals surface area contributed by atoms with Crippen molar-refractivity contribution >= 4 is 23.2 Å².